The SMILES string of the molecule is CCC[C@@H]1OC[C@H](OC)[C@H]1CS(=O)(=O)c1ccccc1. The van der Waals surface area contributed by atoms with Gasteiger partial charge < -0.3 is 9.47 Å². The first kappa shape index (κ1) is 15.5. The molecule has 0 saturated carbocycles. The summed E-state index contributed by atoms with van der Waals surface area (Å²) >= 11 is 0. The van der Waals surface area contributed by atoms with E-state index in [0.29, 0.717) is 11.5 Å². The monoisotopic (exact) mass is 298 g/mol. The van der Waals surface area contributed by atoms with Crippen molar-refractivity contribution < 1.29 is 17.9 Å². The molecule has 0 spiro atoms. The summed E-state index contributed by atoms with van der Waals surface area (Å²) in [4.78, 5) is 0.372. The average Bonchev–Trinajstić information content (AvgIpc) is 2.82. The summed E-state index contributed by atoms with van der Waals surface area (Å²) in [7, 11) is -1.68. The molecule has 20 heavy (non-hydrogen) atoms. The Morgan fingerprint density at radius 1 is 1.30 bits per heavy atom. The van der Waals surface area contributed by atoms with Crippen LogP contribution in [-0.4, -0.2) is 40.1 Å². The lowest BCUT2D eigenvalue weighted by Gasteiger charge is -2.21. The van der Waals surface area contributed by atoms with Crippen LogP contribution in [0.3, 0.4) is 0 Å². The fraction of sp³-hybridized carbons (Fsp3) is 0.600. The Labute approximate surface area is 121 Å². The molecule has 1 aromatic carbocycles. The third-order valence-electron chi connectivity index (χ3n) is 3.82. The fourth-order valence-corrected chi connectivity index (χ4v) is 4.42. The zero-order valence-corrected chi connectivity index (χ0v) is 12.8. The van der Waals surface area contributed by atoms with Crippen molar-refractivity contribution in [2.75, 3.05) is 19.5 Å². The molecule has 5 heteroatoms. The molecule has 0 amide bonds. The summed E-state index contributed by atoms with van der Waals surface area (Å²) in [6.45, 7) is 2.56. The van der Waals surface area contributed by atoms with E-state index in [1.165, 1.54) is 0 Å². The van der Waals surface area contributed by atoms with Crippen molar-refractivity contribution in [1.29, 1.82) is 0 Å². The highest BCUT2D eigenvalue weighted by Gasteiger charge is 2.39. The van der Waals surface area contributed by atoms with Gasteiger partial charge in [-0.2, -0.15) is 0 Å². The maximum Gasteiger partial charge on any atom is 0.178 e. The van der Waals surface area contributed by atoms with Gasteiger partial charge in [0, 0.05) is 13.0 Å². The van der Waals surface area contributed by atoms with E-state index in [0.717, 1.165) is 12.8 Å². The average molecular weight is 298 g/mol. The Balaban J connectivity index is 2.17. The first-order chi connectivity index (χ1) is 9.58. The molecule has 0 aliphatic carbocycles. The van der Waals surface area contributed by atoms with Gasteiger partial charge in [-0.05, 0) is 18.6 Å². The number of sulfone groups is 1. The summed E-state index contributed by atoms with van der Waals surface area (Å²) in [6.07, 6.45) is 1.69. The van der Waals surface area contributed by atoms with Gasteiger partial charge in [-0.25, -0.2) is 8.42 Å². The van der Waals surface area contributed by atoms with Gasteiger partial charge in [0.25, 0.3) is 0 Å². The van der Waals surface area contributed by atoms with Crippen molar-refractivity contribution in [2.24, 2.45) is 5.92 Å². The number of rotatable bonds is 6. The first-order valence-electron chi connectivity index (χ1n) is 7.00. The molecule has 112 valence electrons. The van der Waals surface area contributed by atoms with Crippen molar-refractivity contribution in [3.8, 4) is 0 Å². The number of hydrogen-bond donors (Lipinski definition) is 0. The van der Waals surface area contributed by atoms with Crippen LogP contribution < -0.4 is 0 Å². The Kier molecular flexibility index (Phi) is 5.18. The highest BCUT2D eigenvalue weighted by Crippen LogP contribution is 2.30. The molecule has 2 rings (SSSR count). The van der Waals surface area contributed by atoms with Crippen molar-refractivity contribution >= 4 is 9.84 Å². The lowest BCUT2D eigenvalue weighted by atomic mass is 9.98. The molecule has 0 unspecified atom stereocenters. The number of hydrogen-bond acceptors (Lipinski definition) is 4. The van der Waals surface area contributed by atoms with Crippen LogP contribution in [0, 0.1) is 5.92 Å². The summed E-state index contributed by atoms with van der Waals surface area (Å²) in [5.74, 6) is -0.00893. The second-order valence-corrected chi connectivity index (χ2v) is 7.23. The van der Waals surface area contributed by atoms with Crippen molar-refractivity contribution in [1.82, 2.24) is 0 Å². The van der Waals surface area contributed by atoms with Gasteiger partial charge in [-0.3, -0.25) is 0 Å². The van der Waals surface area contributed by atoms with Crippen LogP contribution in [0.1, 0.15) is 19.8 Å². The standard InChI is InChI=1S/C15H22O4S/c1-3-7-14-13(15(18-2)10-19-14)11-20(16,17)12-8-5-4-6-9-12/h4-6,8-9,13-15H,3,7,10-11H2,1-2H3/t13-,14-,15-/m0/s1. The molecule has 0 N–H and O–H groups in total. The third-order valence-corrected chi connectivity index (χ3v) is 5.63. The molecule has 1 saturated heterocycles. The fourth-order valence-electron chi connectivity index (χ4n) is 2.72. The number of methoxy groups -OCH3 is 1. The predicted octanol–water partition coefficient (Wildman–Crippen LogP) is 2.29. The van der Waals surface area contributed by atoms with Gasteiger partial charge >= 0.3 is 0 Å². The lowest BCUT2D eigenvalue weighted by molar-refractivity contribution is 0.0637. The highest BCUT2D eigenvalue weighted by atomic mass is 32.2. The molecule has 0 radical (unpaired) electrons. The van der Waals surface area contributed by atoms with E-state index in [1.807, 2.05) is 6.07 Å². The van der Waals surface area contributed by atoms with E-state index in [2.05, 4.69) is 6.92 Å². The smallest absolute Gasteiger partial charge is 0.178 e. The van der Waals surface area contributed by atoms with Gasteiger partial charge in [0.2, 0.25) is 0 Å². The van der Waals surface area contributed by atoms with Crippen molar-refractivity contribution in [2.45, 2.75) is 36.9 Å². The molecule has 0 aromatic heterocycles. The van der Waals surface area contributed by atoms with Gasteiger partial charge in [0.1, 0.15) is 0 Å². The van der Waals surface area contributed by atoms with Crippen LogP contribution in [0.25, 0.3) is 0 Å². The first-order valence-corrected chi connectivity index (χ1v) is 8.66. The summed E-state index contributed by atoms with van der Waals surface area (Å²) in [5, 5.41) is 0. The lowest BCUT2D eigenvalue weighted by Crippen LogP contribution is -2.32. The zero-order chi connectivity index (χ0) is 14.6. The van der Waals surface area contributed by atoms with Gasteiger partial charge in [-0.1, -0.05) is 31.5 Å². The summed E-state index contributed by atoms with van der Waals surface area (Å²) in [6, 6.07) is 8.59. The molecular weight excluding hydrogens is 276 g/mol. The normalized spacial score (nSPS) is 26.8. The molecule has 1 fully saturated rings. The maximum atomic E-state index is 12.5. The minimum Gasteiger partial charge on any atom is -0.379 e. The van der Waals surface area contributed by atoms with Crippen LogP contribution in [-0.2, 0) is 19.3 Å². The molecule has 4 nitrogen and oxygen atoms in total. The van der Waals surface area contributed by atoms with Crippen LogP contribution in [0.5, 0.6) is 0 Å². The molecule has 1 aliphatic rings. The quantitative estimate of drug-likeness (QED) is 0.808. The topological polar surface area (TPSA) is 52.6 Å². The maximum absolute atomic E-state index is 12.5. The van der Waals surface area contributed by atoms with Crippen molar-refractivity contribution in [3.05, 3.63) is 30.3 Å². The minimum absolute atomic E-state index is 0.0246. The largest absolute Gasteiger partial charge is 0.379 e. The summed E-state index contributed by atoms with van der Waals surface area (Å²) in [5.41, 5.74) is 0. The van der Waals surface area contributed by atoms with Gasteiger partial charge in [-0.15, -0.1) is 0 Å². The van der Waals surface area contributed by atoms with E-state index in [4.69, 9.17) is 9.47 Å². The molecule has 0 bridgehead atoms. The van der Waals surface area contributed by atoms with Gasteiger partial charge in [0.05, 0.1) is 29.5 Å². The Morgan fingerprint density at radius 3 is 2.60 bits per heavy atom. The van der Waals surface area contributed by atoms with Crippen LogP contribution in [0.4, 0.5) is 0 Å². The van der Waals surface area contributed by atoms with Gasteiger partial charge in [0.15, 0.2) is 9.84 Å². The molecule has 1 aliphatic heterocycles. The van der Waals surface area contributed by atoms with Crippen LogP contribution in [0.2, 0.25) is 0 Å². The van der Waals surface area contributed by atoms with E-state index in [-0.39, 0.29) is 23.9 Å². The third kappa shape index (κ3) is 3.40. The predicted molar refractivity (Wildman–Crippen MR) is 77.4 cm³/mol. The van der Waals surface area contributed by atoms with Crippen LogP contribution >= 0.6 is 0 Å². The molecular formula is C15H22O4S. The number of benzene rings is 1. The van der Waals surface area contributed by atoms with E-state index in [9.17, 15) is 8.42 Å². The Hall–Kier alpha value is -0.910. The summed E-state index contributed by atoms with van der Waals surface area (Å²) < 4.78 is 36.1. The number of ether oxygens (including phenoxy) is 2. The molecule has 1 heterocycles. The second-order valence-electron chi connectivity index (χ2n) is 5.19. The molecule has 1 aromatic rings. The van der Waals surface area contributed by atoms with E-state index in [1.54, 1.807) is 31.4 Å². The van der Waals surface area contributed by atoms with Crippen LogP contribution in [0.15, 0.2) is 35.2 Å². The second kappa shape index (κ2) is 6.70. The molecule has 3 atom stereocenters. The van der Waals surface area contributed by atoms with E-state index >= 15 is 0 Å². The highest BCUT2D eigenvalue weighted by molar-refractivity contribution is 7.91. The Bertz CT molecular complexity index is 512. The van der Waals surface area contributed by atoms with E-state index < -0.39 is 9.84 Å². The van der Waals surface area contributed by atoms with Crippen molar-refractivity contribution in [3.63, 3.8) is 0 Å². The minimum atomic E-state index is -3.30. The zero-order valence-electron chi connectivity index (χ0n) is 12.0. The Morgan fingerprint density at radius 2 is 2.00 bits per heavy atom.